The van der Waals surface area contributed by atoms with E-state index in [9.17, 15) is 0 Å². The summed E-state index contributed by atoms with van der Waals surface area (Å²) in [7, 11) is 2.00. The Labute approximate surface area is 92.9 Å². The van der Waals surface area contributed by atoms with Crippen LogP contribution in [-0.2, 0) is 0 Å². The highest BCUT2D eigenvalue weighted by atomic mass is 15.3. The van der Waals surface area contributed by atoms with Crippen LogP contribution in [-0.4, -0.2) is 23.4 Å². The van der Waals surface area contributed by atoms with Crippen molar-refractivity contribution in [3.05, 3.63) is 17.0 Å². The molecule has 0 aliphatic heterocycles. The standard InChI is InChI=1S/C12H23N3/c1-9(7-6-8-13-5)15-12(4)10(2)11(3)14-15/h9,13H,6-8H2,1-5H3. The fourth-order valence-corrected chi connectivity index (χ4v) is 1.87. The van der Waals surface area contributed by atoms with Crippen molar-refractivity contribution in [1.82, 2.24) is 15.1 Å². The van der Waals surface area contributed by atoms with Crippen LogP contribution in [0.2, 0.25) is 0 Å². The zero-order valence-corrected chi connectivity index (χ0v) is 10.6. The maximum Gasteiger partial charge on any atom is 0.0625 e. The average Bonchev–Trinajstić information content (AvgIpc) is 2.46. The summed E-state index contributed by atoms with van der Waals surface area (Å²) in [5, 5.41) is 7.76. The Bertz CT molecular complexity index is 315. The van der Waals surface area contributed by atoms with E-state index in [0.29, 0.717) is 6.04 Å². The fraction of sp³-hybridized carbons (Fsp3) is 0.750. The monoisotopic (exact) mass is 209 g/mol. The highest BCUT2D eigenvalue weighted by molar-refractivity contribution is 5.22. The van der Waals surface area contributed by atoms with Crippen LogP contribution >= 0.6 is 0 Å². The first-order chi connectivity index (χ1) is 7.07. The summed E-state index contributed by atoms with van der Waals surface area (Å²) in [6.45, 7) is 9.72. The number of hydrogen-bond donors (Lipinski definition) is 1. The van der Waals surface area contributed by atoms with Gasteiger partial charge in [0.2, 0.25) is 0 Å². The number of hydrogen-bond acceptors (Lipinski definition) is 2. The van der Waals surface area contributed by atoms with Gasteiger partial charge in [0.1, 0.15) is 0 Å². The molecule has 0 aliphatic rings. The maximum absolute atomic E-state index is 4.58. The first-order valence-corrected chi connectivity index (χ1v) is 5.74. The predicted molar refractivity (Wildman–Crippen MR) is 64.3 cm³/mol. The highest BCUT2D eigenvalue weighted by Crippen LogP contribution is 2.19. The Hall–Kier alpha value is -0.830. The zero-order chi connectivity index (χ0) is 11.4. The number of aromatic nitrogens is 2. The van der Waals surface area contributed by atoms with Gasteiger partial charge in [-0.3, -0.25) is 4.68 Å². The minimum atomic E-state index is 0.505. The number of rotatable bonds is 5. The summed E-state index contributed by atoms with van der Waals surface area (Å²) in [5.74, 6) is 0. The second kappa shape index (κ2) is 5.31. The highest BCUT2D eigenvalue weighted by Gasteiger charge is 2.12. The van der Waals surface area contributed by atoms with Crippen LogP contribution in [0.25, 0.3) is 0 Å². The van der Waals surface area contributed by atoms with Crippen molar-refractivity contribution in [3.63, 3.8) is 0 Å². The maximum atomic E-state index is 4.58. The van der Waals surface area contributed by atoms with E-state index in [1.165, 1.54) is 24.1 Å². The predicted octanol–water partition coefficient (Wildman–Crippen LogP) is 2.37. The van der Waals surface area contributed by atoms with E-state index < -0.39 is 0 Å². The van der Waals surface area contributed by atoms with E-state index in [2.05, 4.69) is 42.8 Å². The molecule has 1 rings (SSSR count). The van der Waals surface area contributed by atoms with Crippen LogP contribution in [0.3, 0.4) is 0 Å². The lowest BCUT2D eigenvalue weighted by atomic mass is 10.1. The van der Waals surface area contributed by atoms with Crippen molar-refractivity contribution >= 4 is 0 Å². The van der Waals surface area contributed by atoms with Crippen LogP contribution in [0.4, 0.5) is 0 Å². The Balaban J connectivity index is 2.65. The lowest BCUT2D eigenvalue weighted by Gasteiger charge is -2.14. The van der Waals surface area contributed by atoms with Crippen LogP contribution < -0.4 is 5.32 Å². The molecule has 15 heavy (non-hydrogen) atoms. The van der Waals surface area contributed by atoms with Gasteiger partial charge in [-0.25, -0.2) is 0 Å². The first-order valence-electron chi connectivity index (χ1n) is 5.74. The van der Waals surface area contributed by atoms with Gasteiger partial charge in [0, 0.05) is 11.7 Å². The van der Waals surface area contributed by atoms with Crippen LogP contribution in [0.1, 0.15) is 42.8 Å². The molecule has 0 bridgehead atoms. The molecule has 0 saturated carbocycles. The van der Waals surface area contributed by atoms with Crippen molar-refractivity contribution in [3.8, 4) is 0 Å². The van der Waals surface area contributed by atoms with Gasteiger partial charge in [-0.15, -0.1) is 0 Å². The summed E-state index contributed by atoms with van der Waals surface area (Å²) in [6, 6.07) is 0.505. The number of nitrogens with one attached hydrogen (secondary N) is 1. The smallest absolute Gasteiger partial charge is 0.0625 e. The van der Waals surface area contributed by atoms with Crippen molar-refractivity contribution in [1.29, 1.82) is 0 Å². The number of nitrogens with zero attached hydrogens (tertiary/aromatic N) is 2. The lowest BCUT2D eigenvalue weighted by Crippen LogP contribution is -2.13. The molecule has 0 aromatic carbocycles. The van der Waals surface area contributed by atoms with E-state index in [1.807, 2.05) is 7.05 Å². The van der Waals surface area contributed by atoms with Gasteiger partial charge >= 0.3 is 0 Å². The van der Waals surface area contributed by atoms with Crippen molar-refractivity contribution in [2.24, 2.45) is 0 Å². The normalized spacial score (nSPS) is 13.1. The second-order valence-electron chi connectivity index (χ2n) is 4.34. The second-order valence-corrected chi connectivity index (χ2v) is 4.34. The lowest BCUT2D eigenvalue weighted by molar-refractivity contribution is 0.433. The summed E-state index contributed by atoms with van der Waals surface area (Å²) >= 11 is 0. The van der Waals surface area contributed by atoms with Crippen molar-refractivity contribution in [2.75, 3.05) is 13.6 Å². The van der Waals surface area contributed by atoms with E-state index in [1.54, 1.807) is 0 Å². The van der Waals surface area contributed by atoms with E-state index in [-0.39, 0.29) is 0 Å². The van der Waals surface area contributed by atoms with Gasteiger partial charge in [-0.2, -0.15) is 5.10 Å². The van der Waals surface area contributed by atoms with Gasteiger partial charge in [0.15, 0.2) is 0 Å². The Morgan fingerprint density at radius 3 is 2.47 bits per heavy atom. The average molecular weight is 209 g/mol. The molecule has 1 N–H and O–H groups in total. The van der Waals surface area contributed by atoms with Crippen LogP contribution in [0.5, 0.6) is 0 Å². The van der Waals surface area contributed by atoms with Gasteiger partial charge < -0.3 is 5.32 Å². The third-order valence-electron chi connectivity index (χ3n) is 3.15. The fourth-order valence-electron chi connectivity index (χ4n) is 1.87. The molecule has 86 valence electrons. The molecule has 0 amide bonds. The molecule has 3 heteroatoms. The molecule has 1 unspecified atom stereocenters. The summed E-state index contributed by atoms with van der Waals surface area (Å²) in [6.07, 6.45) is 2.39. The minimum absolute atomic E-state index is 0.505. The minimum Gasteiger partial charge on any atom is -0.320 e. The van der Waals surface area contributed by atoms with Gasteiger partial charge in [-0.05, 0) is 59.7 Å². The largest absolute Gasteiger partial charge is 0.320 e. The quantitative estimate of drug-likeness (QED) is 0.755. The van der Waals surface area contributed by atoms with Crippen molar-refractivity contribution < 1.29 is 0 Å². The summed E-state index contributed by atoms with van der Waals surface area (Å²) in [5.41, 5.74) is 3.80. The molecule has 1 heterocycles. The molecule has 0 fully saturated rings. The third-order valence-corrected chi connectivity index (χ3v) is 3.15. The Kier molecular flexibility index (Phi) is 4.33. The molecular formula is C12H23N3. The summed E-state index contributed by atoms with van der Waals surface area (Å²) < 4.78 is 2.17. The first kappa shape index (κ1) is 12.2. The number of aryl methyl sites for hydroxylation is 1. The molecular weight excluding hydrogens is 186 g/mol. The van der Waals surface area contributed by atoms with E-state index >= 15 is 0 Å². The topological polar surface area (TPSA) is 29.9 Å². The molecule has 0 aliphatic carbocycles. The Morgan fingerprint density at radius 2 is 2.00 bits per heavy atom. The molecule has 3 nitrogen and oxygen atoms in total. The Morgan fingerprint density at radius 1 is 1.33 bits per heavy atom. The van der Waals surface area contributed by atoms with Crippen molar-refractivity contribution in [2.45, 2.75) is 46.6 Å². The molecule has 0 radical (unpaired) electrons. The molecule has 1 aromatic heterocycles. The molecule has 1 atom stereocenters. The SMILES string of the molecule is CNCCCC(C)n1nc(C)c(C)c1C. The van der Waals surface area contributed by atoms with Gasteiger partial charge in [-0.1, -0.05) is 0 Å². The van der Waals surface area contributed by atoms with E-state index in [4.69, 9.17) is 0 Å². The third kappa shape index (κ3) is 2.81. The van der Waals surface area contributed by atoms with Crippen LogP contribution in [0.15, 0.2) is 0 Å². The summed E-state index contributed by atoms with van der Waals surface area (Å²) in [4.78, 5) is 0. The van der Waals surface area contributed by atoms with Gasteiger partial charge in [0.05, 0.1) is 5.69 Å². The molecule has 0 saturated heterocycles. The molecule has 1 aromatic rings. The van der Waals surface area contributed by atoms with E-state index in [0.717, 1.165) is 12.2 Å². The van der Waals surface area contributed by atoms with Crippen LogP contribution in [0, 0.1) is 20.8 Å². The molecule has 0 spiro atoms. The zero-order valence-electron chi connectivity index (χ0n) is 10.6. The van der Waals surface area contributed by atoms with Gasteiger partial charge in [0.25, 0.3) is 0 Å².